The molecule has 1 N–H and O–H groups in total. The second-order valence-electron chi connectivity index (χ2n) is 7.71. The average molecular weight is 404 g/mol. The molecule has 2 saturated heterocycles. The lowest BCUT2D eigenvalue weighted by Gasteiger charge is -2.33. The Balaban J connectivity index is 1.43. The Morgan fingerprint density at radius 2 is 1.96 bits per heavy atom. The van der Waals surface area contributed by atoms with Crippen LogP contribution in [0.5, 0.6) is 0 Å². The standard InChI is InChI=1S/C20H26ClN5O2/c21-15-3-4-16(22-11-15)13-24-7-1-2-17(14-24)26-20(28)10-18(12-23-26)25-8-5-19(27)6-9-25/h3-4,10-12,17,19,27H,1-2,5-9,13-14H2/t17-/m1/s1. The van der Waals surface area contributed by atoms with Crippen LogP contribution in [0.4, 0.5) is 5.69 Å². The van der Waals surface area contributed by atoms with Crippen LogP contribution >= 0.6 is 11.6 Å². The van der Waals surface area contributed by atoms with Gasteiger partial charge in [-0.3, -0.25) is 14.7 Å². The van der Waals surface area contributed by atoms with Crippen LogP contribution in [-0.2, 0) is 6.54 Å². The van der Waals surface area contributed by atoms with Gasteiger partial charge in [0.05, 0.1) is 34.7 Å². The van der Waals surface area contributed by atoms with Gasteiger partial charge < -0.3 is 10.0 Å². The second kappa shape index (κ2) is 8.59. The zero-order valence-corrected chi connectivity index (χ0v) is 16.6. The molecule has 7 nitrogen and oxygen atoms in total. The highest BCUT2D eigenvalue weighted by Gasteiger charge is 2.24. The van der Waals surface area contributed by atoms with Crippen LogP contribution in [0.15, 0.2) is 35.4 Å². The first kappa shape index (κ1) is 19.4. The van der Waals surface area contributed by atoms with Gasteiger partial charge in [0.15, 0.2) is 0 Å². The summed E-state index contributed by atoms with van der Waals surface area (Å²) < 4.78 is 1.63. The quantitative estimate of drug-likeness (QED) is 0.842. The third-order valence-corrected chi connectivity index (χ3v) is 5.87. The van der Waals surface area contributed by atoms with Crippen molar-refractivity contribution >= 4 is 17.3 Å². The van der Waals surface area contributed by atoms with Crippen LogP contribution in [0.1, 0.15) is 37.4 Å². The highest BCUT2D eigenvalue weighted by molar-refractivity contribution is 6.30. The fourth-order valence-electron chi connectivity index (χ4n) is 4.08. The van der Waals surface area contributed by atoms with E-state index >= 15 is 0 Å². The van der Waals surface area contributed by atoms with Crippen LogP contribution < -0.4 is 10.5 Å². The van der Waals surface area contributed by atoms with E-state index in [1.165, 1.54) is 0 Å². The lowest BCUT2D eigenvalue weighted by molar-refractivity contribution is 0.145. The van der Waals surface area contributed by atoms with E-state index in [-0.39, 0.29) is 17.7 Å². The van der Waals surface area contributed by atoms with Crippen LogP contribution in [0.25, 0.3) is 0 Å². The van der Waals surface area contributed by atoms with Crippen molar-refractivity contribution in [2.75, 3.05) is 31.1 Å². The van der Waals surface area contributed by atoms with E-state index in [1.54, 1.807) is 23.1 Å². The molecule has 4 rings (SSSR count). The highest BCUT2D eigenvalue weighted by atomic mass is 35.5. The molecule has 2 fully saturated rings. The van der Waals surface area contributed by atoms with Gasteiger partial charge >= 0.3 is 0 Å². The van der Waals surface area contributed by atoms with E-state index in [4.69, 9.17) is 11.6 Å². The summed E-state index contributed by atoms with van der Waals surface area (Å²) in [4.78, 5) is 21.6. The Labute approximate surface area is 169 Å². The highest BCUT2D eigenvalue weighted by Crippen LogP contribution is 2.22. The first-order chi connectivity index (χ1) is 13.6. The summed E-state index contributed by atoms with van der Waals surface area (Å²) in [6.07, 6.45) is 6.68. The van der Waals surface area contributed by atoms with Crippen LogP contribution in [0.2, 0.25) is 5.02 Å². The number of aliphatic hydroxyl groups is 1. The molecule has 2 aromatic rings. The summed E-state index contributed by atoms with van der Waals surface area (Å²) in [5.41, 5.74) is 1.78. The molecule has 0 amide bonds. The predicted octanol–water partition coefficient (Wildman–Crippen LogP) is 2.09. The Kier molecular flexibility index (Phi) is 5.94. The molecule has 0 aromatic carbocycles. The Morgan fingerprint density at radius 1 is 1.14 bits per heavy atom. The topological polar surface area (TPSA) is 74.5 Å². The summed E-state index contributed by atoms with van der Waals surface area (Å²) >= 11 is 5.91. The molecule has 0 unspecified atom stereocenters. The number of anilines is 1. The number of likely N-dealkylation sites (tertiary alicyclic amines) is 1. The van der Waals surface area contributed by atoms with Crippen molar-refractivity contribution in [3.05, 3.63) is 51.7 Å². The fraction of sp³-hybridized carbons (Fsp3) is 0.550. The minimum Gasteiger partial charge on any atom is -0.393 e. The van der Waals surface area contributed by atoms with Crippen molar-refractivity contribution < 1.29 is 5.11 Å². The Hall–Kier alpha value is -1.96. The molecule has 2 aliphatic heterocycles. The molecule has 0 saturated carbocycles. The maximum atomic E-state index is 12.7. The van der Waals surface area contributed by atoms with E-state index in [2.05, 4.69) is 19.9 Å². The molecule has 0 aliphatic carbocycles. The Morgan fingerprint density at radius 3 is 2.68 bits per heavy atom. The molecule has 8 heteroatoms. The number of halogens is 1. The van der Waals surface area contributed by atoms with Crippen LogP contribution in [-0.4, -0.2) is 57.1 Å². The molecule has 28 heavy (non-hydrogen) atoms. The Bertz CT molecular complexity index is 848. The number of nitrogens with zero attached hydrogens (tertiary/aromatic N) is 5. The van der Waals surface area contributed by atoms with E-state index in [1.807, 2.05) is 12.1 Å². The first-order valence-corrected chi connectivity index (χ1v) is 10.3. The third-order valence-electron chi connectivity index (χ3n) is 5.64. The van der Waals surface area contributed by atoms with Gasteiger partial charge in [0.25, 0.3) is 5.56 Å². The maximum absolute atomic E-state index is 12.7. The van der Waals surface area contributed by atoms with Gasteiger partial charge in [0.1, 0.15) is 0 Å². The molecular weight excluding hydrogens is 378 g/mol. The SMILES string of the molecule is O=c1cc(N2CCC(O)CC2)cnn1[C@@H]1CCCN(Cc2ccc(Cl)cn2)C1. The van der Waals surface area contributed by atoms with Gasteiger partial charge in [-0.1, -0.05) is 11.6 Å². The largest absolute Gasteiger partial charge is 0.393 e. The number of piperidine rings is 2. The van der Waals surface area contributed by atoms with Crippen molar-refractivity contribution in [1.29, 1.82) is 0 Å². The number of rotatable bonds is 4. The number of aliphatic hydroxyl groups excluding tert-OH is 1. The van der Waals surface area contributed by atoms with Crippen molar-refractivity contribution in [3.63, 3.8) is 0 Å². The van der Waals surface area contributed by atoms with Crippen molar-refractivity contribution in [1.82, 2.24) is 19.7 Å². The summed E-state index contributed by atoms with van der Waals surface area (Å²) in [6, 6.07) is 5.56. The second-order valence-corrected chi connectivity index (χ2v) is 8.15. The smallest absolute Gasteiger partial charge is 0.269 e. The molecule has 2 aromatic heterocycles. The van der Waals surface area contributed by atoms with Gasteiger partial charge in [-0.05, 0) is 44.4 Å². The first-order valence-electron chi connectivity index (χ1n) is 9.93. The van der Waals surface area contributed by atoms with E-state index < -0.39 is 0 Å². The van der Waals surface area contributed by atoms with Crippen molar-refractivity contribution in [2.24, 2.45) is 0 Å². The molecule has 0 spiro atoms. The molecule has 0 radical (unpaired) electrons. The summed E-state index contributed by atoms with van der Waals surface area (Å²) in [7, 11) is 0. The van der Waals surface area contributed by atoms with E-state index in [0.717, 1.165) is 69.8 Å². The monoisotopic (exact) mass is 403 g/mol. The van der Waals surface area contributed by atoms with Crippen molar-refractivity contribution in [3.8, 4) is 0 Å². The van der Waals surface area contributed by atoms with Crippen LogP contribution in [0.3, 0.4) is 0 Å². The van der Waals surface area contributed by atoms with Gasteiger partial charge in [0, 0.05) is 38.4 Å². The summed E-state index contributed by atoms with van der Waals surface area (Å²) in [5, 5.41) is 14.8. The molecule has 150 valence electrons. The molecule has 2 aliphatic rings. The van der Waals surface area contributed by atoms with E-state index in [9.17, 15) is 9.90 Å². The van der Waals surface area contributed by atoms with Gasteiger partial charge in [-0.15, -0.1) is 0 Å². The fourth-order valence-corrected chi connectivity index (χ4v) is 4.19. The lowest BCUT2D eigenvalue weighted by atomic mass is 10.1. The van der Waals surface area contributed by atoms with Gasteiger partial charge in [-0.25, -0.2) is 4.68 Å². The third kappa shape index (κ3) is 4.54. The molecule has 0 bridgehead atoms. The minimum absolute atomic E-state index is 0.0555. The zero-order valence-electron chi connectivity index (χ0n) is 15.9. The zero-order chi connectivity index (χ0) is 19.5. The predicted molar refractivity (Wildman–Crippen MR) is 109 cm³/mol. The molecule has 1 atom stereocenters. The van der Waals surface area contributed by atoms with Crippen LogP contribution in [0, 0.1) is 0 Å². The van der Waals surface area contributed by atoms with Gasteiger partial charge in [-0.2, -0.15) is 5.10 Å². The van der Waals surface area contributed by atoms with Crippen molar-refractivity contribution in [2.45, 2.75) is 44.4 Å². The summed E-state index contributed by atoms with van der Waals surface area (Å²) in [5.74, 6) is 0. The lowest BCUT2D eigenvalue weighted by Crippen LogP contribution is -2.41. The van der Waals surface area contributed by atoms with E-state index in [0.29, 0.717) is 5.02 Å². The molecule has 4 heterocycles. The number of hydrogen-bond acceptors (Lipinski definition) is 6. The number of aromatic nitrogens is 3. The van der Waals surface area contributed by atoms with Gasteiger partial charge in [0.2, 0.25) is 0 Å². The maximum Gasteiger partial charge on any atom is 0.269 e. The minimum atomic E-state index is -0.229. The summed E-state index contributed by atoms with van der Waals surface area (Å²) in [6.45, 7) is 4.04. The average Bonchev–Trinajstić information content (AvgIpc) is 2.70. The normalized spacial score (nSPS) is 21.8. The molecular formula is C20H26ClN5O2. The number of hydrogen-bond donors (Lipinski definition) is 1. The number of pyridine rings is 1.